The van der Waals surface area contributed by atoms with Crippen molar-refractivity contribution in [3.63, 3.8) is 0 Å². The zero-order valence-electron chi connectivity index (χ0n) is 61.0. The van der Waals surface area contributed by atoms with Crippen LogP contribution in [0.1, 0.15) is 2.85 Å². The van der Waals surface area contributed by atoms with Crippen LogP contribution in [0.15, 0.2) is 388 Å². The smallest absolute Gasteiger partial charge is 0 e. The summed E-state index contributed by atoms with van der Waals surface area (Å²) in [6, 6.07) is 143. The van der Waals surface area contributed by atoms with E-state index in [0.717, 1.165) is 0 Å². The van der Waals surface area contributed by atoms with E-state index in [4.69, 9.17) is 0 Å². The van der Waals surface area contributed by atoms with E-state index in [1.54, 1.807) is 0 Å². The Balaban J connectivity index is 0.0000000898. The van der Waals surface area contributed by atoms with Gasteiger partial charge in [-0.1, -0.05) is 364 Å². The lowest BCUT2D eigenvalue weighted by Crippen LogP contribution is -1.87. The lowest BCUT2D eigenvalue weighted by Gasteiger charge is -2.15. The van der Waals surface area contributed by atoms with E-state index in [-0.39, 0.29) is 2.85 Å². The van der Waals surface area contributed by atoms with Crippen LogP contribution >= 0.6 is 0 Å². The summed E-state index contributed by atoms with van der Waals surface area (Å²) >= 11 is 0. The molecule has 0 unspecified atom stereocenters. The SMILES string of the molecule is [2HH].[2HH].c1ccc2c(c1)-c1ccc3c4cccc5cccc(c6ccc-2c1c36)c54.c1ccc2c(c1)-c1cccc3c(-c4cccc5ccccc45)ccc-2c13.c1ccc2cc3c(cc2c1)-c1ccc2c4cccc5cccc(c6ccc-3c1c26)c54.c1ccc2cc3c(cc2c1)-c1cccc2c(-c4cccc5ccccc45)ccc-3c12. The van der Waals surface area contributed by atoms with Crippen molar-refractivity contribution in [1.82, 2.24) is 0 Å². The molecule has 28 rings (SSSR count). The minimum absolute atomic E-state index is 0. The average Bonchev–Trinajstić information content (AvgIpc) is 1.44. The first-order chi connectivity index (χ1) is 55.6. The molecule has 0 amide bonds. The van der Waals surface area contributed by atoms with Crippen molar-refractivity contribution < 1.29 is 2.85 Å². The second-order valence-electron chi connectivity index (χ2n) is 31.0. The zero-order valence-corrected chi connectivity index (χ0v) is 61.0. The molecule has 0 spiro atoms. The summed E-state index contributed by atoms with van der Waals surface area (Å²) in [6.07, 6.45) is 0. The van der Waals surface area contributed by atoms with Crippen LogP contribution in [0.4, 0.5) is 0 Å². The van der Waals surface area contributed by atoms with Gasteiger partial charge in [0.05, 0.1) is 0 Å². The molecule has 516 valence electrons. The molecule has 0 aliphatic heterocycles. The summed E-state index contributed by atoms with van der Waals surface area (Å²) in [5.41, 5.74) is 27.0. The van der Waals surface area contributed by atoms with Crippen molar-refractivity contribution in [2.45, 2.75) is 0 Å². The first kappa shape index (κ1) is 61.5. The summed E-state index contributed by atoms with van der Waals surface area (Å²) in [4.78, 5) is 0. The Labute approximate surface area is 648 Å². The first-order valence-corrected chi connectivity index (χ1v) is 39.2. The van der Waals surface area contributed by atoms with Gasteiger partial charge in [0.15, 0.2) is 0 Å². The van der Waals surface area contributed by atoms with Gasteiger partial charge in [0.2, 0.25) is 0 Å². The van der Waals surface area contributed by atoms with Gasteiger partial charge in [-0.05, 0) is 286 Å². The summed E-state index contributed by atoms with van der Waals surface area (Å²) in [5, 5.41) is 37.9. The Morgan fingerprint density at radius 1 is 0.0893 bits per heavy atom. The van der Waals surface area contributed by atoms with Gasteiger partial charge in [-0.2, -0.15) is 0 Å². The standard InChI is InChI=1S/C30H16.C30H18.C26H14.C26H16.2H2/c1-2-6-19-16-27-25-14-12-23-21-10-4-8-17-7-3-9-20(28(17)21)22-11-13-24(30(25)29(22)23)26(27)15-18(19)5-1;1-2-9-21-18-29-27-16-15-24(23-12-5-10-19-7-3-4-11-22(19)23)25-13-6-14-26(30(25)27)28(29)17-20(21)8-1;1-2-8-17-16(7-1)20-11-13-22-18-9-3-5-15-6-4-10-19(24(15)18)23-14-12-21(17)25(20)26(22)23;1-2-9-18-17(7-1)8-5-12-19(18)22-15-16-25-21-11-4-3-10-20(21)23-13-6-14-24(22)26(23)25;;/h1-16H;1-18H;1-14H;1-16H;2*1H/i;;;;2*1+1. The highest BCUT2D eigenvalue weighted by Gasteiger charge is 2.30. The molecule has 24 aromatic rings. The van der Waals surface area contributed by atoms with Crippen molar-refractivity contribution in [3.8, 4) is 111 Å². The minimum Gasteiger partial charge on any atom is -0.0616 e. The summed E-state index contributed by atoms with van der Waals surface area (Å²) in [7, 11) is 0. The molecule has 4 aliphatic rings. The second kappa shape index (κ2) is 23.5. The molecular weight excluding hydrogens is 1350 g/mol. The number of hydrogen-bond donors (Lipinski definition) is 0. The Kier molecular flexibility index (Phi) is 12.9. The maximum Gasteiger partial charge on any atom is 0 e. The van der Waals surface area contributed by atoms with E-state index in [1.807, 2.05) is 0 Å². The lowest BCUT2D eigenvalue weighted by atomic mass is 9.88. The van der Waals surface area contributed by atoms with Crippen molar-refractivity contribution in [3.05, 3.63) is 388 Å². The van der Waals surface area contributed by atoms with Crippen LogP contribution in [0, 0.1) is 0 Å². The first-order valence-electron chi connectivity index (χ1n) is 39.2. The van der Waals surface area contributed by atoms with Gasteiger partial charge in [0, 0.05) is 2.85 Å². The fourth-order valence-corrected chi connectivity index (χ4v) is 20.7. The Morgan fingerprint density at radius 2 is 0.286 bits per heavy atom. The normalized spacial score (nSPS) is 12.3. The monoisotopic (exact) mass is 1410 g/mol. The summed E-state index contributed by atoms with van der Waals surface area (Å²) < 4.78 is 0. The van der Waals surface area contributed by atoms with Crippen LogP contribution in [0.3, 0.4) is 0 Å². The molecule has 0 heteroatoms. The summed E-state index contributed by atoms with van der Waals surface area (Å²) in [5.74, 6) is 0. The van der Waals surface area contributed by atoms with Crippen molar-refractivity contribution in [1.29, 1.82) is 0 Å². The van der Waals surface area contributed by atoms with Gasteiger partial charge in [-0.15, -0.1) is 0 Å². The van der Waals surface area contributed by atoms with Crippen LogP contribution in [-0.2, 0) is 0 Å². The molecule has 0 heterocycles. The zero-order chi connectivity index (χ0) is 73.0. The highest BCUT2D eigenvalue weighted by atomic mass is 14.3. The Morgan fingerprint density at radius 3 is 0.661 bits per heavy atom. The molecule has 0 N–H and O–H groups in total. The Hall–Kier alpha value is -14.6. The van der Waals surface area contributed by atoms with E-state index in [9.17, 15) is 0 Å². The van der Waals surface area contributed by atoms with Crippen LogP contribution in [0.5, 0.6) is 0 Å². The van der Waals surface area contributed by atoms with Crippen LogP contribution in [-0.4, -0.2) is 0 Å². The fourth-order valence-electron chi connectivity index (χ4n) is 20.7. The molecule has 0 bridgehead atoms. The third-order valence-corrected chi connectivity index (χ3v) is 25.5. The van der Waals surface area contributed by atoms with Crippen molar-refractivity contribution in [2.24, 2.45) is 0 Å². The molecule has 0 nitrogen and oxygen atoms in total. The molecule has 4 aliphatic carbocycles. The molecule has 0 atom stereocenters. The van der Waals surface area contributed by atoms with E-state index >= 15 is 0 Å². The van der Waals surface area contributed by atoms with Gasteiger partial charge >= 0.3 is 0 Å². The van der Waals surface area contributed by atoms with Crippen LogP contribution in [0.2, 0.25) is 0 Å². The van der Waals surface area contributed by atoms with Gasteiger partial charge in [0.25, 0.3) is 0 Å². The number of rotatable bonds is 2. The molecule has 0 fully saturated rings. The summed E-state index contributed by atoms with van der Waals surface area (Å²) in [6.45, 7) is 0. The highest BCUT2D eigenvalue weighted by Crippen LogP contribution is 2.57. The highest BCUT2D eigenvalue weighted by molar-refractivity contribution is 6.39. The molecular formula is C112H68. The van der Waals surface area contributed by atoms with Gasteiger partial charge < -0.3 is 0 Å². The predicted octanol–water partition coefficient (Wildman–Crippen LogP) is 32.2. The topological polar surface area (TPSA) is 0 Å². The largest absolute Gasteiger partial charge is 0.0616 e. The fraction of sp³-hybridized carbons (Fsp3) is 0. The van der Waals surface area contributed by atoms with Crippen LogP contribution in [0.25, 0.3) is 262 Å². The molecule has 24 aromatic carbocycles. The quantitative estimate of drug-likeness (QED) is 0.120. The van der Waals surface area contributed by atoms with E-state index in [0.29, 0.717) is 0 Å². The predicted molar refractivity (Wildman–Crippen MR) is 486 cm³/mol. The van der Waals surface area contributed by atoms with Crippen molar-refractivity contribution in [2.75, 3.05) is 0 Å². The van der Waals surface area contributed by atoms with Crippen LogP contribution < -0.4 is 0 Å². The number of benzene rings is 24. The molecule has 0 aromatic heterocycles. The maximum atomic E-state index is 2.37. The Bertz CT molecular complexity index is 7940. The van der Waals surface area contributed by atoms with E-state index in [2.05, 4.69) is 388 Å². The molecule has 0 saturated carbocycles. The average molecular weight is 1420 g/mol. The number of hydrogen-bond acceptors (Lipinski definition) is 0. The van der Waals surface area contributed by atoms with Gasteiger partial charge in [0.1, 0.15) is 0 Å². The van der Waals surface area contributed by atoms with Gasteiger partial charge in [-0.25, -0.2) is 0 Å². The molecule has 112 heavy (non-hydrogen) atoms. The van der Waals surface area contributed by atoms with E-state index < -0.39 is 0 Å². The van der Waals surface area contributed by atoms with E-state index in [1.165, 1.54) is 262 Å². The molecule has 0 saturated heterocycles. The lowest BCUT2D eigenvalue weighted by molar-refractivity contribution is 1.69. The second-order valence-corrected chi connectivity index (χ2v) is 31.0. The maximum absolute atomic E-state index is 2.37. The van der Waals surface area contributed by atoms with Gasteiger partial charge in [-0.3, -0.25) is 0 Å². The third kappa shape index (κ3) is 8.66. The minimum atomic E-state index is 0. The number of fused-ring (bicyclic) bond motifs is 20. The molecule has 0 radical (unpaired) electrons. The van der Waals surface area contributed by atoms with Crippen molar-refractivity contribution >= 4 is 151 Å². The third-order valence-electron chi connectivity index (χ3n) is 25.5.